The fourth-order valence-corrected chi connectivity index (χ4v) is 4.91. The number of rotatable bonds is 6. The lowest BCUT2D eigenvalue weighted by Gasteiger charge is -2.25. The van der Waals surface area contributed by atoms with E-state index in [0.29, 0.717) is 18.5 Å². The topological polar surface area (TPSA) is 123 Å². The fraction of sp³-hybridized carbons (Fsp3) is 0.286. The van der Waals surface area contributed by atoms with E-state index in [-0.39, 0.29) is 17.7 Å². The molecule has 0 radical (unpaired) electrons. The number of H-pyrrole nitrogens is 1. The van der Waals surface area contributed by atoms with E-state index in [0.717, 1.165) is 52.6 Å². The molecule has 3 aromatic carbocycles. The molecular formula is C28H30F2N2O5S. The third-order valence-electron chi connectivity index (χ3n) is 6.76. The summed E-state index contributed by atoms with van der Waals surface area (Å²) in [6.45, 7) is 2.69. The van der Waals surface area contributed by atoms with Crippen LogP contribution in [0.4, 0.5) is 8.78 Å². The van der Waals surface area contributed by atoms with Crippen LogP contribution in [0.5, 0.6) is 0 Å². The Morgan fingerprint density at radius 3 is 2.32 bits per heavy atom. The fourth-order valence-electron chi connectivity index (χ4n) is 4.91. The average molecular weight is 545 g/mol. The molecule has 5 rings (SSSR count). The van der Waals surface area contributed by atoms with Crippen LogP contribution in [-0.4, -0.2) is 33.7 Å². The maximum absolute atomic E-state index is 14.7. The van der Waals surface area contributed by atoms with Crippen molar-refractivity contribution in [3.8, 4) is 11.1 Å². The third kappa shape index (κ3) is 7.03. The van der Waals surface area contributed by atoms with Crippen molar-refractivity contribution in [2.24, 2.45) is 0 Å². The lowest BCUT2D eigenvalue weighted by atomic mass is 9.93. The number of aliphatic hydroxyl groups excluding tert-OH is 1. The van der Waals surface area contributed by atoms with Crippen molar-refractivity contribution in [1.29, 1.82) is 0 Å². The number of benzene rings is 3. The van der Waals surface area contributed by atoms with Gasteiger partial charge in [-0.2, -0.15) is 8.42 Å². The first-order valence-electron chi connectivity index (χ1n) is 12.3. The highest BCUT2D eigenvalue weighted by molar-refractivity contribution is 7.79. The summed E-state index contributed by atoms with van der Waals surface area (Å²) in [5, 5.41) is 15.0. The van der Waals surface area contributed by atoms with Gasteiger partial charge >= 0.3 is 10.4 Å². The standard InChI is InChI=1S/C28H28F2N2O.H2O4S/c1-17-5-7-19(8-6-17)26(33)4-2-3-21-15-25-23(16-31-21)27-22(13-14-24(30)28(27)32-25)18-9-11-20(29)12-10-18;1-5(2,3)4/h5-14,21,26,31-33H,2-4,15-16H2,1H3;(H2,1,2,3,4). The van der Waals surface area contributed by atoms with E-state index < -0.39 is 16.5 Å². The lowest BCUT2D eigenvalue weighted by molar-refractivity contribution is 0.161. The van der Waals surface area contributed by atoms with E-state index in [9.17, 15) is 13.9 Å². The highest BCUT2D eigenvalue weighted by Gasteiger charge is 2.25. The number of aryl methyl sites for hydroxylation is 1. The summed E-state index contributed by atoms with van der Waals surface area (Å²) in [6, 6.07) is 17.9. The van der Waals surface area contributed by atoms with Crippen molar-refractivity contribution >= 4 is 21.3 Å². The van der Waals surface area contributed by atoms with Crippen LogP contribution < -0.4 is 5.32 Å². The molecular weight excluding hydrogens is 514 g/mol. The van der Waals surface area contributed by atoms with Crippen molar-refractivity contribution in [1.82, 2.24) is 10.3 Å². The van der Waals surface area contributed by atoms with E-state index in [4.69, 9.17) is 17.5 Å². The molecule has 0 spiro atoms. The first-order valence-corrected chi connectivity index (χ1v) is 13.6. The van der Waals surface area contributed by atoms with Crippen molar-refractivity contribution in [3.63, 3.8) is 0 Å². The molecule has 0 bridgehead atoms. The van der Waals surface area contributed by atoms with Gasteiger partial charge in [0.1, 0.15) is 11.6 Å². The molecule has 202 valence electrons. The van der Waals surface area contributed by atoms with Crippen LogP contribution in [0.2, 0.25) is 0 Å². The minimum atomic E-state index is -4.67. The zero-order chi connectivity index (χ0) is 27.4. The summed E-state index contributed by atoms with van der Waals surface area (Å²) in [5.41, 5.74) is 6.57. The van der Waals surface area contributed by atoms with Gasteiger partial charge in [0.2, 0.25) is 0 Å². The van der Waals surface area contributed by atoms with E-state index in [2.05, 4.69) is 10.3 Å². The molecule has 1 aliphatic heterocycles. The summed E-state index contributed by atoms with van der Waals surface area (Å²) in [6.07, 6.45) is 2.88. The molecule has 5 N–H and O–H groups in total. The Labute approximate surface area is 220 Å². The van der Waals surface area contributed by atoms with Crippen LogP contribution in [0, 0.1) is 18.6 Å². The monoisotopic (exact) mass is 544 g/mol. The van der Waals surface area contributed by atoms with Crippen LogP contribution in [0.15, 0.2) is 60.7 Å². The summed E-state index contributed by atoms with van der Waals surface area (Å²) in [7, 11) is -4.67. The van der Waals surface area contributed by atoms with Gasteiger partial charge in [-0.25, -0.2) is 8.78 Å². The largest absolute Gasteiger partial charge is 0.394 e. The van der Waals surface area contributed by atoms with Crippen molar-refractivity contribution in [2.45, 2.75) is 51.3 Å². The Balaban J connectivity index is 0.000000617. The minimum absolute atomic E-state index is 0.271. The number of aliphatic hydroxyl groups is 1. The number of hydrogen-bond donors (Lipinski definition) is 5. The Morgan fingerprint density at radius 2 is 1.66 bits per heavy atom. The van der Waals surface area contributed by atoms with E-state index >= 15 is 0 Å². The van der Waals surface area contributed by atoms with Gasteiger partial charge in [0, 0.05) is 30.1 Å². The molecule has 0 aliphatic carbocycles. The summed E-state index contributed by atoms with van der Waals surface area (Å²) < 4.78 is 59.7. The molecule has 10 heteroatoms. The predicted molar refractivity (Wildman–Crippen MR) is 142 cm³/mol. The highest BCUT2D eigenvalue weighted by atomic mass is 32.3. The van der Waals surface area contributed by atoms with Gasteiger partial charge in [0.15, 0.2) is 0 Å². The molecule has 0 saturated carbocycles. The second-order valence-electron chi connectivity index (χ2n) is 9.52. The third-order valence-corrected chi connectivity index (χ3v) is 6.76. The molecule has 38 heavy (non-hydrogen) atoms. The molecule has 7 nitrogen and oxygen atoms in total. The predicted octanol–water partition coefficient (Wildman–Crippen LogP) is 5.69. The molecule has 1 aliphatic rings. The van der Waals surface area contributed by atoms with Crippen molar-refractivity contribution < 1.29 is 31.4 Å². The van der Waals surface area contributed by atoms with Crippen molar-refractivity contribution in [3.05, 3.63) is 94.7 Å². The second-order valence-corrected chi connectivity index (χ2v) is 10.4. The van der Waals surface area contributed by atoms with Crippen LogP contribution >= 0.6 is 0 Å². The number of aromatic nitrogens is 1. The number of aromatic amines is 1. The van der Waals surface area contributed by atoms with E-state index in [1.165, 1.54) is 23.8 Å². The average Bonchev–Trinajstić information content (AvgIpc) is 3.24. The first-order chi connectivity index (χ1) is 18.0. The van der Waals surface area contributed by atoms with Gasteiger partial charge in [0.05, 0.1) is 11.6 Å². The first kappa shape index (κ1) is 27.9. The van der Waals surface area contributed by atoms with Gasteiger partial charge < -0.3 is 15.4 Å². The molecule has 2 unspecified atom stereocenters. The number of nitrogens with one attached hydrogen (secondary N) is 2. The summed E-state index contributed by atoms with van der Waals surface area (Å²) >= 11 is 0. The molecule has 0 amide bonds. The molecule has 4 aromatic rings. The maximum atomic E-state index is 14.7. The van der Waals surface area contributed by atoms with Crippen LogP contribution in [0.3, 0.4) is 0 Å². The normalized spacial score (nSPS) is 16.0. The molecule has 0 fully saturated rings. The van der Waals surface area contributed by atoms with Gasteiger partial charge in [0.25, 0.3) is 0 Å². The summed E-state index contributed by atoms with van der Waals surface area (Å²) in [4.78, 5) is 3.33. The maximum Gasteiger partial charge on any atom is 0.394 e. The molecule has 0 saturated heterocycles. The Hall–Kier alpha value is -3.15. The number of hydrogen-bond acceptors (Lipinski definition) is 4. The minimum Gasteiger partial charge on any atom is -0.388 e. The highest BCUT2D eigenvalue weighted by Crippen LogP contribution is 2.36. The quantitative estimate of drug-likeness (QED) is 0.199. The zero-order valence-electron chi connectivity index (χ0n) is 20.8. The van der Waals surface area contributed by atoms with Crippen molar-refractivity contribution in [2.75, 3.05) is 0 Å². The van der Waals surface area contributed by atoms with Crippen LogP contribution in [-0.2, 0) is 23.4 Å². The Bertz CT molecular complexity index is 1500. The SMILES string of the molecule is Cc1ccc(C(O)CCCC2Cc3[nH]c4c(F)ccc(-c5ccc(F)cc5)c4c3CN2)cc1.O=S(=O)(O)O. The number of fused-ring (bicyclic) bond motifs is 3. The van der Waals surface area contributed by atoms with Crippen LogP contribution in [0.25, 0.3) is 22.0 Å². The van der Waals surface area contributed by atoms with Gasteiger partial charge in [-0.3, -0.25) is 9.11 Å². The zero-order valence-corrected chi connectivity index (χ0v) is 21.6. The van der Waals surface area contributed by atoms with Gasteiger partial charge in [-0.05, 0) is 66.6 Å². The van der Waals surface area contributed by atoms with Gasteiger partial charge in [-0.15, -0.1) is 0 Å². The number of halogens is 2. The van der Waals surface area contributed by atoms with Crippen LogP contribution in [0.1, 0.15) is 47.8 Å². The van der Waals surface area contributed by atoms with Gasteiger partial charge in [-0.1, -0.05) is 48.0 Å². The molecule has 2 atom stereocenters. The second kappa shape index (κ2) is 11.7. The van der Waals surface area contributed by atoms with E-state index in [1.807, 2.05) is 31.2 Å². The lowest BCUT2D eigenvalue weighted by Crippen LogP contribution is -2.35. The Kier molecular flexibility index (Phi) is 8.59. The summed E-state index contributed by atoms with van der Waals surface area (Å²) in [5.74, 6) is -0.562. The molecule has 1 aromatic heterocycles. The Morgan fingerprint density at radius 1 is 1.00 bits per heavy atom. The smallest absolute Gasteiger partial charge is 0.388 e. The van der Waals surface area contributed by atoms with E-state index in [1.54, 1.807) is 18.2 Å². The molecule has 2 heterocycles.